The number of benzene rings is 2. The van der Waals surface area contributed by atoms with E-state index in [1.54, 1.807) is 18.2 Å². The first kappa shape index (κ1) is 15.7. The number of hydrogen-bond donors (Lipinski definition) is 1. The number of halogens is 2. The van der Waals surface area contributed by atoms with Crippen molar-refractivity contribution in [2.75, 3.05) is 5.43 Å². The highest BCUT2D eigenvalue weighted by Crippen LogP contribution is 2.25. The van der Waals surface area contributed by atoms with Crippen LogP contribution in [0.4, 0.5) is 10.3 Å². The summed E-state index contributed by atoms with van der Waals surface area (Å²) in [6.45, 7) is 0. The molecule has 2 aromatic carbocycles. The van der Waals surface area contributed by atoms with Crippen LogP contribution in [0.1, 0.15) is 11.3 Å². The predicted molar refractivity (Wildman–Crippen MR) is 89.3 cm³/mol. The van der Waals surface area contributed by atoms with Gasteiger partial charge in [0.25, 0.3) is 5.88 Å². The van der Waals surface area contributed by atoms with Crippen molar-refractivity contribution in [3.05, 3.63) is 70.6 Å². The van der Waals surface area contributed by atoms with Crippen molar-refractivity contribution in [3.8, 4) is 17.5 Å². The monoisotopic (exact) mass is 340 g/mol. The number of anilines is 1. The third kappa shape index (κ3) is 3.26. The predicted octanol–water partition coefficient (Wildman–Crippen LogP) is 4.45. The quantitative estimate of drug-likeness (QED) is 0.562. The summed E-state index contributed by atoms with van der Waals surface area (Å²) >= 11 is 5.91. The molecule has 1 aromatic heterocycles. The Labute approximate surface area is 142 Å². The average Bonchev–Trinajstić information content (AvgIpc) is 3.01. The van der Waals surface area contributed by atoms with Gasteiger partial charge >= 0.3 is 0 Å². The second-order valence-corrected chi connectivity index (χ2v) is 5.09. The minimum Gasteiger partial charge on any atom is -0.417 e. The van der Waals surface area contributed by atoms with Crippen molar-refractivity contribution in [2.24, 2.45) is 5.10 Å². The number of aromatic nitrogens is 1. The summed E-state index contributed by atoms with van der Waals surface area (Å²) in [4.78, 5) is 4.10. The van der Waals surface area contributed by atoms with Crippen LogP contribution >= 0.6 is 11.6 Å². The molecule has 0 aliphatic carbocycles. The number of oxazole rings is 1. The van der Waals surface area contributed by atoms with E-state index in [9.17, 15) is 4.39 Å². The van der Waals surface area contributed by atoms with E-state index in [-0.39, 0.29) is 28.1 Å². The third-order valence-corrected chi connectivity index (χ3v) is 3.44. The van der Waals surface area contributed by atoms with Crippen LogP contribution in [0, 0.1) is 17.1 Å². The van der Waals surface area contributed by atoms with E-state index in [1.165, 1.54) is 18.3 Å². The Bertz CT molecular complexity index is 911. The molecular formula is C17H10ClFN4O. The summed E-state index contributed by atoms with van der Waals surface area (Å²) < 4.78 is 19.2. The highest BCUT2D eigenvalue weighted by atomic mass is 35.5. The topological polar surface area (TPSA) is 74.2 Å². The molecule has 0 aliphatic heterocycles. The maximum atomic E-state index is 13.7. The molecule has 0 radical (unpaired) electrons. The van der Waals surface area contributed by atoms with Crippen LogP contribution in [0.2, 0.25) is 5.02 Å². The van der Waals surface area contributed by atoms with Crippen molar-refractivity contribution in [1.82, 2.24) is 4.98 Å². The SMILES string of the molecule is N#Cc1nc(-c2ccccc2)oc1N/N=C\c1c(F)cccc1Cl. The molecule has 0 amide bonds. The van der Waals surface area contributed by atoms with Crippen LogP contribution in [0.25, 0.3) is 11.5 Å². The first-order chi connectivity index (χ1) is 11.7. The lowest BCUT2D eigenvalue weighted by Gasteiger charge is -1.99. The lowest BCUT2D eigenvalue weighted by atomic mass is 10.2. The fourth-order valence-corrected chi connectivity index (χ4v) is 2.18. The molecule has 0 bridgehead atoms. The zero-order valence-corrected chi connectivity index (χ0v) is 13.0. The Morgan fingerprint density at radius 3 is 2.71 bits per heavy atom. The molecule has 0 spiro atoms. The average molecular weight is 341 g/mol. The van der Waals surface area contributed by atoms with Gasteiger partial charge in [-0.15, -0.1) is 0 Å². The number of hydrazone groups is 1. The minimum atomic E-state index is -0.504. The van der Waals surface area contributed by atoms with E-state index in [0.29, 0.717) is 0 Å². The molecule has 3 rings (SSSR count). The van der Waals surface area contributed by atoms with Crippen molar-refractivity contribution in [3.63, 3.8) is 0 Å². The van der Waals surface area contributed by atoms with Gasteiger partial charge in [-0.25, -0.2) is 9.82 Å². The van der Waals surface area contributed by atoms with Gasteiger partial charge in [0.1, 0.15) is 11.9 Å². The molecule has 0 saturated heterocycles. The normalized spacial score (nSPS) is 10.7. The molecule has 0 unspecified atom stereocenters. The summed E-state index contributed by atoms with van der Waals surface area (Å²) in [5.41, 5.74) is 3.45. The highest BCUT2D eigenvalue weighted by molar-refractivity contribution is 6.33. The molecule has 0 atom stereocenters. The molecule has 0 aliphatic rings. The summed E-state index contributed by atoms with van der Waals surface area (Å²) in [6, 6.07) is 15.4. The molecule has 1 N–H and O–H groups in total. The molecule has 5 nitrogen and oxygen atoms in total. The van der Waals surface area contributed by atoms with Gasteiger partial charge in [0.15, 0.2) is 0 Å². The second-order valence-electron chi connectivity index (χ2n) is 4.68. The molecule has 24 heavy (non-hydrogen) atoms. The van der Waals surface area contributed by atoms with Gasteiger partial charge in [0, 0.05) is 11.1 Å². The molecule has 0 fully saturated rings. The molecule has 7 heteroatoms. The number of rotatable bonds is 4. The lowest BCUT2D eigenvalue weighted by Crippen LogP contribution is -1.94. The van der Waals surface area contributed by atoms with Crippen LogP contribution in [-0.2, 0) is 0 Å². The summed E-state index contributed by atoms with van der Waals surface area (Å²) in [5.74, 6) is -0.148. The van der Waals surface area contributed by atoms with Crippen molar-refractivity contribution in [1.29, 1.82) is 5.26 Å². The number of nitrogens with one attached hydrogen (secondary N) is 1. The maximum absolute atomic E-state index is 13.7. The Hall–Kier alpha value is -3.17. The van der Waals surface area contributed by atoms with E-state index in [2.05, 4.69) is 15.5 Å². The fourth-order valence-electron chi connectivity index (χ4n) is 1.97. The van der Waals surface area contributed by atoms with Gasteiger partial charge in [-0.1, -0.05) is 35.9 Å². The zero-order chi connectivity index (χ0) is 16.9. The van der Waals surface area contributed by atoms with Crippen LogP contribution in [0.5, 0.6) is 0 Å². The Morgan fingerprint density at radius 2 is 2.00 bits per heavy atom. The van der Waals surface area contributed by atoms with Crippen LogP contribution in [-0.4, -0.2) is 11.2 Å². The second kappa shape index (κ2) is 6.94. The number of nitriles is 1. The van der Waals surface area contributed by atoms with Crippen molar-refractivity contribution in [2.45, 2.75) is 0 Å². The van der Waals surface area contributed by atoms with E-state index in [0.717, 1.165) is 5.56 Å². The maximum Gasteiger partial charge on any atom is 0.252 e. The molecule has 1 heterocycles. The standard InChI is InChI=1S/C17H10ClFN4O/c18-13-7-4-8-14(19)12(13)10-21-23-17-15(9-20)22-16(24-17)11-5-2-1-3-6-11/h1-8,10,23H/b21-10-. The molecule has 3 aromatic rings. The first-order valence-electron chi connectivity index (χ1n) is 6.88. The van der Waals surface area contributed by atoms with Crippen molar-refractivity contribution < 1.29 is 8.81 Å². The van der Waals surface area contributed by atoms with E-state index in [1.807, 2.05) is 24.3 Å². The van der Waals surface area contributed by atoms with Gasteiger partial charge in [0.05, 0.1) is 11.2 Å². The van der Waals surface area contributed by atoms with E-state index >= 15 is 0 Å². The minimum absolute atomic E-state index is 0.0469. The van der Waals surface area contributed by atoms with Gasteiger partial charge in [-0.2, -0.15) is 15.3 Å². The van der Waals surface area contributed by atoms with Crippen LogP contribution in [0.3, 0.4) is 0 Å². The van der Waals surface area contributed by atoms with Crippen molar-refractivity contribution >= 4 is 23.7 Å². The lowest BCUT2D eigenvalue weighted by molar-refractivity contribution is 0.587. The fraction of sp³-hybridized carbons (Fsp3) is 0. The Balaban J connectivity index is 1.84. The first-order valence-corrected chi connectivity index (χ1v) is 7.26. The molecule has 118 valence electrons. The smallest absolute Gasteiger partial charge is 0.252 e. The summed E-state index contributed by atoms with van der Waals surface area (Å²) in [6.07, 6.45) is 1.21. The summed E-state index contributed by atoms with van der Waals surface area (Å²) in [5, 5.41) is 13.2. The van der Waals surface area contributed by atoms with Crippen LogP contribution in [0.15, 0.2) is 58.0 Å². The third-order valence-electron chi connectivity index (χ3n) is 3.11. The van der Waals surface area contributed by atoms with Crippen LogP contribution < -0.4 is 5.43 Å². The van der Waals surface area contributed by atoms with E-state index in [4.69, 9.17) is 21.3 Å². The number of nitrogens with zero attached hydrogens (tertiary/aromatic N) is 3. The highest BCUT2D eigenvalue weighted by Gasteiger charge is 2.13. The number of hydrogen-bond acceptors (Lipinski definition) is 5. The molecular weight excluding hydrogens is 331 g/mol. The van der Waals surface area contributed by atoms with Gasteiger partial charge in [-0.3, -0.25) is 0 Å². The summed E-state index contributed by atoms with van der Waals surface area (Å²) in [7, 11) is 0. The largest absolute Gasteiger partial charge is 0.417 e. The Kier molecular flexibility index (Phi) is 4.54. The van der Waals surface area contributed by atoms with Gasteiger partial charge in [-0.05, 0) is 24.3 Å². The van der Waals surface area contributed by atoms with Gasteiger partial charge < -0.3 is 4.42 Å². The van der Waals surface area contributed by atoms with Gasteiger partial charge in [0.2, 0.25) is 11.6 Å². The zero-order valence-electron chi connectivity index (χ0n) is 12.2. The van der Waals surface area contributed by atoms with E-state index < -0.39 is 5.82 Å². The molecule has 0 saturated carbocycles. The Morgan fingerprint density at radius 1 is 1.21 bits per heavy atom.